The van der Waals surface area contributed by atoms with Gasteiger partial charge in [0.1, 0.15) is 5.76 Å². The Hall–Kier alpha value is -1.25. The first-order valence-corrected chi connectivity index (χ1v) is 5.76. The molecule has 0 aliphatic carbocycles. The zero-order valence-electron chi connectivity index (χ0n) is 10.5. The number of hydrogen-bond acceptors (Lipinski definition) is 2. The molecule has 0 aliphatic rings. The maximum absolute atomic E-state index is 11.4. The van der Waals surface area contributed by atoms with Crippen LogP contribution >= 0.6 is 0 Å². The minimum Gasteiger partial charge on any atom is -0.510 e. The van der Waals surface area contributed by atoms with Crippen molar-refractivity contribution >= 4 is 5.91 Å². The molecule has 0 aromatic rings. The van der Waals surface area contributed by atoms with Crippen LogP contribution in [0.4, 0.5) is 0 Å². The van der Waals surface area contributed by atoms with E-state index >= 15 is 0 Å². The molecular formula is C13H23NO2. The summed E-state index contributed by atoms with van der Waals surface area (Å²) in [6.45, 7) is 9.31. The van der Waals surface area contributed by atoms with Crippen LogP contribution in [0.25, 0.3) is 0 Å². The molecule has 92 valence electrons. The fraction of sp³-hybridized carbons (Fsp3) is 0.615. The average Bonchev–Trinajstić information content (AvgIpc) is 2.22. The fourth-order valence-electron chi connectivity index (χ4n) is 1.35. The molecule has 0 spiro atoms. The molecule has 0 aliphatic heterocycles. The first-order chi connectivity index (χ1) is 7.47. The number of amides is 1. The summed E-state index contributed by atoms with van der Waals surface area (Å²) >= 11 is 0. The summed E-state index contributed by atoms with van der Waals surface area (Å²) in [6, 6.07) is -0.293. The largest absolute Gasteiger partial charge is 0.510 e. The second kappa shape index (κ2) is 7.97. The molecule has 0 aromatic heterocycles. The van der Waals surface area contributed by atoms with Gasteiger partial charge < -0.3 is 10.4 Å². The third-order valence-corrected chi connectivity index (χ3v) is 2.37. The zero-order valence-corrected chi connectivity index (χ0v) is 10.5. The van der Waals surface area contributed by atoms with Gasteiger partial charge in [0.25, 0.3) is 0 Å². The van der Waals surface area contributed by atoms with Gasteiger partial charge in [0, 0.05) is 6.42 Å². The Kier molecular flexibility index (Phi) is 7.34. The standard InChI is InChI=1S/C13H23NO2/c1-5-12(15)11(4)14-13(16)9-7-6-8-10(2)3/h5,11,15H,2,6-9H2,1,3-4H3,(H,14,16)/b12-5+. The number of rotatable bonds is 7. The smallest absolute Gasteiger partial charge is 0.220 e. The zero-order chi connectivity index (χ0) is 12.6. The van der Waals surface area contributed by atoms with E-state index in [-0.39, 0.29) is 17.7 Å². The van der Waals surface area contributed by atoms with Gasteiger partial charge in [-0.15, -0.1) is 6.58 Å². The summed E-state index contributed by atoms with van der Waals surface area (Å²) in [5.41, 5.74) is 1.15. The van der Waals surface area contributed by atoms with Gasteiger partial charge in [-0.2, -0.15) is 0 Å². The molecule has 1 amide bonds. The topological polar surface area (TPSA) is 49.3 Å². The van der Waals surface area contributed by atoms with Gasteiger partial charge >= 0.3 is 0 Å². The lowest BCUT2D eigenvalue weighted by atomic mass is 10.1. The highest BCUT2D eigenvalue weighted by atomic mass is 16.3. The van der Waals surface area contributed by atoms with Gasteiger partial charge in [0.15, 0.2) is 0 Å². The number of aliphatic hydroxyl groups is 1. The predicted octanol–water partition coefficient (Wildman–Crippen LogP) is 3.09. The third-order valence-electron chi connectivity index (χ3n) is 2.37. The second-order valence-electron chi connectivity index (χ2n) is 4.17. The molecule has 0 rings (SSSR count). The van der Waals surface area contributed by atoms with Crippen LogP contribution in [0.5, 0.6) is 0 Å². The summed E-state index contributed by atoms with van der Waals surface area (Å²) < 4.78 is 0. The highest BCUT2D eigenvalue weighted by Crippen LogP contribution is 2.06. The van der Waals surface area contributed by atoms with E-state index < -0.39 is 0 Å². The Bertz CT molecular complexity index is 269. The first-order valence-electron chi connectivity index (χ1n) is 5.76. The molecule has 0 saturated carbocycles. The lowest BCUT2D eigenvalue weighted by molar-refractivity contribution is -0.121. The number of allylic oxidation sites excluding steroid dienone is 2. The molecule has 2 N–H and O–H groups in total. The maximum atomic E-state index is 11.4. The van der Waals surface area contributed by atoms with Gasteiger partial charge in [-0.1, -0.05) is 5.57 Å². The molecule has 3 nitrogen and oxygen atoms in total. The number of aliphatic hydroxyl groups excluding tert-OH is 1. The van der Waals surface area contributed by atoms with Crippen molar-refractivity contribution in [2.75, 3.05) is 0 Å². The summed E-state index contributed by atoms with van der Waals surface area (Å²) in [6.07, 6.45) is 4.93. The maximum Gasteiger partial charge on any atom is 0.220 e. The van der Waals surface area contributed by atoms with Crippen molar-refractivity contribution in [2.24, 2.45) is 0 Å². The highest BCUT2D eigenvalue weighted by Gasteiger charge is 2.09. The molecule has 0 radical (unpaired) electrons. The average molecular weight is 225 g/mol. The van der Waals surface area contributed by atoms with E-state index in [1.807, 2.05) is 6.92 Å². The van der Waals surface area contributed by atoms with Gasteiger partial charge in [0.2, 0.25) is 5.91 Å². The monoisotopic (exact) mass is 225 g/mol. The molecular weight excluding hydrogens is 202 g/mol. The van der Waals surface area contributed by atoms with Crippen LogP contribution in [0.3, 0.4) is 0 Å². The molecule has 3 heteroatoms. The molecule has 0 bridgehead atoms. The van der Waals surface area contributed by atoms with E-state index in [1.54, 1.807) is 19.9 Å². The second-order valence-corrected chi connectivity index (χ2v) is 4.17. The van der Waals surface area contributed by atoms with Crippen LogP contribution in [0.15, 0.2) is 24.0 Å². The van der Waals surface area contributed by atoms with Crippen LogP contribution in [0.2, 0.25) is 0 Å². The predicted molar refractivity (Wildman–Crippen MR) is 67.3 cm³/mol. The molecule has 0 aromatic carbocycles. The van der Waals surface area contributed by atoms with Crippen LogP contribution in [0.1, 0.15) is 46.5 Å². The van der Waals surface area contributed by atoms with Crippen LogP contribution in [-0.4, -0.2) is 17.1 Å². The minimum absolute atomic E-state index is 0.0115. The molecule has 0 saturated heterocycles. The quantitative estimate of drug-likeness (QED) is 0.397. The number of carbonyl (C=O) groups is 1. The molecule has 1 atom stereocenters. The van der Waals surface area contributed by atoms with Crippen molar-refractivity contribution in [3.8, 4) is 0 Å². The van der Waals surface area contributed by atoms with Gasteiger partial charge in [-0.05, 0) is 46.1 Å². The lowest BCUT2D eigenvalue weighted by Gasteiger charge is -2.12. The lowest BCUT2D eigenvalue weighted by Crippen LogP contribution is -2.33. The Morgan fingerprint density at radius 3 is 2.50 bits per heavy atom. The number of nitrogens with one attached hydrogen (secondary N) is 1. The van der Waals surface area contributed by atoms with E-state index in [2.05, 4.69) is 11.9 Å². The van der Waals surface area contributed by atoms with Gasteiger partial charge in [-0.3, -0.25) is 4.79 Å². The van der Waals surface area contributed by atoms with Gasteiger partial charge in [0.05, 0.1) is 6.04 Å². The number of unbranched alkanes of at least 4 members (excludes halogenated alkanes) is 1. The number of hydrogen-bond donors (Lipinski definition) is 2. The Morgan fingerprint density at radius 1 is 1.44 bits per heavy atom. The van der Waals surface area contributed by atoms with E-state index in [0.717, 1.165) is 24.8 Å². The van der Waals surface area contributed by atoms with Gasteiger partial charge in [-0.25, -0.2) is 0 Å². The summed E-state index contributed by atoms with van der Waals surface area (Å²) in [5, 5.41) is 12.1. The van der Waals surface area contributed by atoms with Crippen LogP contribution in [0, 0.1) is 0 Å². The number of carbonyl (C=O) groups excluding carboxylic acids is 1. The van der Waals surface area contributed by atoms with Crippen molar-refractivity contribution in [3.63, 3.8) is 0 Å². The summed E-state index contributed by atoms with van der Waals surface area (Å²) in [5.74, 6) is 0.193. The van der Waals surface area contributed by atoms with Crippen LogP contribution < -0.4 is 5.32 Å². The first kappa shape index (κ1) is 14.8. The molecule has 16 heavy (non-hydrogen) atoms. The van der Waals surface area contributed by atoms with Crippen molar-refractivity contribution in [1.29, 1.82) is 0 Å². The highest BCUT2D eigenvalue weighted by molar-refractivity contribution is 5.76. The molecule has 0 heterocycles. The Labute approximate surface area is 98.2 Å². The summed E-state index contributed by atoms with van der Waals surface area (Å²) in [7, 11) is 0. The normalized spacial score (nSPS) is 13.3. The van der Waals surface area contributed by atoms with Crippen molar-refractivity contribution in [2.45, 2.75) is 52.5 Å². The van der Waals surface area contributed by atoms with Crippen LogP contribution in [-0.2, 0) is 4.79 Å². The van der Waals surface area contributed by atoms with E-state index in [4.69, 9.17) is 0 Å². The van der Waals surface area contributed by atoms with Crippen molar-refractivity contribution in [3.05, 3.63) is 24.0 Å². The fourth-order valence-corrected chi connectivity index (χ4v) is 1.35. The van der Waals surface area contributed by atoms with E-state index in [0.29, 0.717) is 6.42 Å². The van der Waals surface area contributed by atoms with E-state index in [1.165, 1.54) is 0 Å². The molecule has 0 fully saturated rings. The van der Waals surface area contributed by atoms with E-state index in [9.17, 15) is 9.90 Å². The minimum atomic E-state index is -0.293. The Balaban J connectivity index is 3.70. The molecule has 1 unspecified atom stereocenters. The summed E-state index contributed by atoms with van der Waals surface area (Å²) in [4.78, 5) is 11.4. The SMILES string of the molecule is C=C(C)CCCCC(=O)NC(C)/C(O)=C\C. The van der Waals surface area contributed by atoms with Crippen molar-refractivity contribution < 1.29 is 9.90 Å². The van der Waals surface area contributed by atoms with Crippen molar-refractivity contribution in [1.82, 2.24) is 5.32 Å². The Morgan fingerprint density at radius 2 is 2.00 bits per heavy atom. The third kappa shape index (κ3) is 7.10.